The molecule has 1 atom stereocenters. The molecule has 0 aromatic carbocycles. The second kappa shape index (κ2) is 3.45. The number of aromatic nitrogens is 2. The average molecular weight is 157 g/mol. The Morgan fingerprint density at radius 2 is 2.45 bits per heavy atom. The van der Waals surface area contributed by atoms with Crippen LogP contribution in [-0.2, 0) is 0 Å². The summed E-state index contributed by atoms with van der Waals surface area (Å²) >= 11 is 0. The Kier molecular flexibility index (Phi) is 2.56. The fourth-order valence-electron chi connectivity index (χ4n) is 0.730. The molecule has 0 fully saturated rings. The van der Waals surface area contributed by atoms with Crippen LogP contribution in [0.4, 0.5) is 0 Å². The van der Waals surface area contributed by atoms with E-state index in [9.17, 15) is 5.11 Å². The maximum Gasteiger partial charge on any atom is 0.255 e. The molecule has 5 nitrogen and oxygen atoms in total. The first-order valence-corrected chi connectivity index (χ1v) is 3.42. The lowest BCUT2D eigenvalue weighted by molar-refractivity contribution is 0.127. The van der Waals surface area contributed by atoms with E-state index in [0.717, 1.165) is 0 Å². The van der Waals surface area contributed by atoms with Gasteiger partial charge in [0.25, 0.3) is 5.89 Å². The third-order valence-electron chi connectivity index (χ3n) is 1.27. The Bertz CT molecular complexity index is 223. The molecule has 0 aliphatic carbocycles. The smallest absolute Gasteiger partial charge is 0.255 e. The van der Waals surface area contributed by atoms with Gasteiger partial charge in [0.05, 0.1) is 0 Å². The molecule has 1 rings (SSSR count). The predicted octanol–water partition coefficient (Wildman–Crippen LogP) is -0.240. The van der Waals surface area contributed by atoms with E-state index >= 15 is 0 Å². The minimum absolute atomic E-state index is 0.243. The Balaban J connectivity index is 2.60. The van der Waals surface area contributed by atoms with Crippen LogP contribution < -0.4 is 5.73 Å². The zero-order chi connectivity index (χ0) is 8.27. The van der Waals surface area contributed by atoms with E-state index < -0.39 is 6.10 Å². The number of aryl methyl sites for hydroxylation is 1. The third kappa shape index (κ3) is 1.99. The Labute approximate surface area is 64.2 Å². The Morgan fingerprint density at radius 1 is 1.73 bits per heavy atom. The van der Waals surface area contributed by atoms with E-state index in [1.807, 2.05) is 0 Å². The average Bonchev–Trinajstić information content (AvgIpc) is 2.36. The van der Waals surface area contributed by atoms with Crippen LogP contribution in [0.2, 0.25) is 0 Å². The monoisotopic (exact) mass is 157 g/mol. The molecule has 1 aromatic rings. The highest BCUT2D eigenvalue weighted by atomic mass is 16.5. The second-order valence-corrected chi connectivity index (χ2v) is 2.27. The highest BCUT2D eigenvalue weighted by Gasteiger charge is 2.12. The van der Waals surface area contributed by atoms with Crippen molar-refractivity contribution in [2.75, 3.05) is 6.54 Å². The van der Waals surface area contributed by atoms with E-state index in [1.54, 1.807) is 6.92 Å². The minimum atomic E-state index is -0.721. The highest BCUT2D eigenvalue weighted by molar-refractivity contribution is 4.87. The molecule has 11 heavy (non-hydrogen) atoms. The van der Waals surface area contributed by atoms with Gasteiger partial charge in [-0.2, -0.15) is 4.98 Å². The number of hydrogen-bond acceptors (Lipinski definition) is 5. The lowest BCUT2D eigenvalue weighted by atomic mass is 10.2. The van der Waals surface area contributed by atoms with Crippen molar-refractivity contribution >= 4 is 0 Å². The quantitative estimate of drug-likeness (QED) is 0.632. The lowest BCUT2D eigenvalue weighted by Gasteiger charge is -2.00. The number of nitrogens with zero attached hydrogens (tertiary/aromatic N) is 2. The van der Waals surface area contributed by atoms with Gasteiger partial charge in [0, 0.05) is 0 Å². The number of hydrogen-bond donors (Lipinski definition) is 2. The van der Waals surface area contributed by atoms with Crippen molar-refractivity contribution in [1.82, 2.24) is 10.1 Å². The topological polar surface area (TPSA) is 85.2 Å². The number of aliphatic hydroxyl groups excluding tert-OH is 1. The molecule has 0 saturated carbocycles. The fraction of sp³-hybridized carbons (Fsp3) is 0.667. The van der Waals surface area contributed by atoms with E-state index in [1.165, 1.54) is 0 Å². The van der Waals surface area contributed by atoms with E-state index in [4.69, 9.17) is 10.3 Å². The highest BCUT2D eigenvalue weighted by Crippen LogP contribution is 2.12. The molecule has 3 N–H and O–H groups in total. The maximum atomic E-state index is 9.26. The van der Waals surface area contributed by atoms with Gasteiger partial charge in [-0.05, 0) is 19.9 Å². The zero-order valence-corrected chi connectivity index (χ0v) is 6.32. The molecular weight excluding hydrogens is 146 g/mol. The third-order valence-corrected chi connectivity index (χ3v) is 1.27. The number of rotatable bonds is 3. The van der Waals surface area contributed by atoms with Crippen molar-refractivity contribution in [3.05, 3.63) is 11.7 Å². The van der Waals surface area contributed by atoms with Gasteiger partial charge < -0.3 is 15.4 Å². The van der Waals surface area contributed by atoms with Gasteiger partial charge in [0.15, 0.2) is 5.82 Å². The Hall–Kier alpha value is -0.940. The maximum absolute atomic E-state index is 9.26. The van der Waals surface area contributed by atoms with Gasteiger partial charge >= 0.3 is 0 Å². The number of nitrogens with two attached hydrogens (primary N) is 1. The molecule has 0 radical (unpaired) electrons. The van der Waals surface area contributed by atoms with Gasteiger partial charge in [0.2, 0.25) is 0 Å². The molecule has 62 valence electrons. The Morgan fingerprint density at radius 3 is 2.91 bits per heavy atom. The largest absolute Gasteiger partial charge is 0.383 e. The molecule has 0 saturated heterocycles. The lowest BCUT2D eigenvalue weighted by Crippen LogP contribution is -2.06. The summed E-state index contributed by atoms with van der Waals surface area (Å²) in [6.45, 7) is 2.10. The zero-order valence-electron chi connectivity index (χ0n) is 6.32. The summed E-state index contributed by atoms with van der Waals surface area (Å²) in [5.41, 5.74) is 5.22. The summed E-state index contributed by atoms with van der Waals surface area (Å²) in [4.78, 5) is 3.85. The first-order valence-electron chi connectivity index (χ1n) is 3.42. The van der Waals surface area contributed by atoms with Gasteiger partial charge in [-0.1, -0.05) is 5.16 Å². The predicted molar refractivity (Wildman–Crippen MR) is 37.7 cm³/mol. The van der Waals surface area contributed by atoms with Crippen molar-refractivity contribution in [3.63, 3.8) is 0 Å². The molecule has 0 bridgehead atoms. The SMILES string of the molecule is Cc1noc([C@@H](O)CCN)n1. The summed E-state index contributed by atoms with van der Waals surface area (Å²) in [6.07, 6.45) is -0.275. The molecule has 0 amide bonds. The minimum Gasteiger partial charge on any atom is -0.383 e. The van der Waals surface area contributed by atoms with E-state index in [-0.39, 0.29) is 5.89 Å². The molecule has 0 unspecified atom stereocenters. The van der Waals surface area contributed by atoms with Crippen LogP contribution in [0.1, 0.15) is 24.2 Å². The van der Waals surface area contributed by atoms with Gasteiger partial charge in [-0.25, -0.2) is 0 Å². The molecular formula is C6H11N3O2. The standard InChI is InChI=1S/C6H11N3O2/c1-4-8-6(11-9-4)5(10)2-3-7/h5,10H,2-3,7H2,1H3/t5-/m0/s1. The normalized spacial score (nSPS) is 13.4. The van der Waals surface area contributed by atoms with E-state index in [0.29, 0.717) is 18.8 Å². The van der Waals surface area contributed by atoms with Crippen LogP contribution in [0.3, 0.4) is 0 Å². The van der Waals surface area contributed by atoms with Crippen molar-refractivity contribution in [2.24, 2.45) is 5.73 Å². The van der Waals surface area contributed by atoms with Gasteiger partial charge in [0.1, 0.15) is 6.10 Å². The van der Waals surface area contributed by atoms with Crippen LogP contribution in [-0.4, -0.2) is 21.8 Å². The molecule has 0 aliphatic rings. The van der Waals surface area contributed by atoms with Gasteiger partial charge in [-0.15, -0.1) is 0 Å². The van der Waals surface area contributed by atoms with Crippen LogP contribution in [0.5, 0.6) is 0 Å². The van der Waals surface area contributed by atoms with Crippen LogP contribution in [0, 0.1) is 6.92 Å². The van der Waals surface area contributed by atoms with Crippen LogP contribution in [0.15, 0.2) is 4.52 Å². The molecule has 0 aliphatic heterocycles. The van der Waals surface area contributed by atoms with Crippen LogP contribution >= 0.6 is 0 Å². The summed E-state index contributed by atoms with van der Waals surface area (Å²) in [6, 6.07) is 0. The van der Waals surface area contributed by atoms with Crippen LogP contribution in [0.25, 0.3) is 0 Å². The van der Waals surface area contributed by atoms with Crippen molar-refractivity contribution in [3.8, 4) is 0 Å². The molecule has 1 heterocycles. The summed E-state index contributed by atoms with van der Waals surface area (Å²) in [5, 5.41) is 12.8. The van der Waals surface area contributed by atoms with Crippen molar-refractivity contribution in [1.29, 1.82) is 0 Å². The van der Waals surface area contributed by atoms with Crippen molar-refractivity contribution < 1.29 is 9.63 Å². The van der Waals surface area contributed by atoms with Crippen molar-refractivity contribution in [2.45, 2.75) is 19.4 Å². The fourth-order valence-corrected chi connectivity index (χ4v) is 0.730. The molecule has 5 heteroatoms. The molecule has 1 aromatic heterocycles. The first kappa shape index (κ1) is 8.16. The second-order valence-electron chi connectivity index (χ2n) is 2.27. The summed E-state index contributed by atoms with van der Waals surface area (Å²) in [7, 11) is 0. The summed E-state index contributed by atoms with van der Waals surface area (Å²) < 4.78 is 4.71. The number of aliphatic hydroxyl groups is 1. The summed E-state index contributed by atoms with van der Waals surface area (Å²) in [5.74, 6) is 0.768. The van der Waals surface area contributed by atoms with Gasteiger partial charge in [-0.3, -0.25) is 0 Å². The molecule has 0 spiro atoms. The van der Waals surface area contributed by atoms with E-state index in [2.05, 4.69) is 10.1 Å². The first-order chi connectivity index (χ1) is 5.24.